The summed E-state index contributed by atoms with van der Waals surface area (Å²) in [5.41, 5.74) is 1.25. The van der Waals surface area contributed by atoms with Crippen molar-refractivity contribution in [3.8, 4) is 5.75 Å². The second-order valence-corrected chi connectivity index (χ2v) is 4.84. The first-order chi connectivity index (χ1) is 8.76. The van der Waals surface area contributed by atoms with E-state index < -0.39 is 0 Å². The van der Waals surface area contributed by atoms with E-state index in [1.54, 1.807) is 0 Å². The maximum atomic E-state index is 5.71. The van der Waals surface area contributed by atoms with Crippen molar-refractivity contribution in [3.63, 3.8) is 0 Å². The van der Waals surface area contributed by atoms with Gasteiger partial charge < -0.3 is 4.74 Å². The van der Waals surface area contributed by atoms with E-state index in [4.69, 9.17) is 4.74 Å². The molecule has 1 aromatic carbocycles. The van der Waals surface area contributed by atoms with Crippen LogP contribution in [-0.4, -0.2) is 6.61 Å². The van der Waals surface area contributed by atoms with Crippen LogP contribution in [0.2, 0.25) is 0 Å². The molecular formula is C17H26O. The Kier molecular flexibility index (Phi) is 7.24. The van der Waals surface area contributed by atoms with Crippen molar-refractivity contribution in [2.45, 2.75) is 46.5 Å². The quantitative estimate of drug-likeness (QED) is 0.455. The lowest BCUT2D eigenvalue weighted by Gasteiger charge is -2.08. The summed E-state index contributed by atoms with van der Waals surface area (Å²) in [4.78, 5) is 0. The summed E-state index contributed by atoms with van der Waals surface area (Å²) < 4.78 is 5.71. The van der Waals surface area contributed by atoms with Gasteiger partial charge >= 0.3 is 0 Å². The molecule has 0 amide bonds. The van der Waals surface area contributed by atoms with Crippen LogP contribution in [0.3, 0.4) is 0 Å². The summed E-state index contributed by atoms with van der Waals surface area (Å²) in [6.07, 6.45) is 9.41. The molecule has 1 atom stereocenters. The molecule has 0 radical (unpaired) electrons. The first-order valence-electron chi connectivity index (χ1n) is 7.12. The SMILES string of the molecule is CCCC(/C=C/CCOc1cccc(C)c1)CC. The first kappa shape index (κ1) is 14.8. The van der Waals surface area contributed by atoms with Gasteiger partial charge in [0.1, 0.15) is 5.75 Å². The minimum absolute atomic E-state index is 0.744. The molecule has 0 aliphatic rings. The van der Waals surface area contributed by atoms with Gasteiger partial charge in [0.15, 0.2) is 0 Å². The van der Waals surface area contributed by atoms with Crippen molar-refractivity contribution >= 4 is 0 Å². The van der Waals surface area contributed by atoms with Crippen LogP contribution < -0.4 is 4.74 Å². The number of aryl methyl sites for hydroxylation is 1. The maximum absolute atomic E-state index is 5.71. The van der Waals surface area contributed by atoms with Gasteiger partial charge in [-0.3, -0.25) is 0 Å². The smallest absolute Gasteiger partial charge is 0.119 e. The molecule has 0 aliphatic heterocycles. The molecule has 0 saturated heterocycles. The van der Waals surface area contributed by atoms with Crippen LogP contribution in [0.5, 0.6) is 5.75 Å². The second-order valence-electron chi connectivity index (χ2n) is 4.84. The summed E-state index contributed by atoms with van der Waals surface area (Å²) in [6, 6.07) is 8.22. The largest absolute Gasteiger partial charge is 0.493 e. The van der Waals surface area contributed by atoms with Crippen molar-refractivity contribution in [3.05, 3.63) is 42.0 Å². The topological polar surface area (TPSA) is 9.23 Å². The molecule has 1 rings (SSSR count). The van der Waals surface area contributed by atoms with E-state index in [0.717, 1.165) is 24.7 Å². The van der Waals surface area contributed by atoms with E-state index in [1.807, 2.05) is 12.1 Å². The zero-order chi connectivity index (χ0) is 13.2. The monoisotopic (exact) mass is 246 g/mol. The number of hydrogen-bond donors (Lipinski definition) is 0. The molecule has 0 saturated carbocycles. The van der Waals surface area contributed by atoms with E-state index in [0.29, 0.717) is 0 Å². The lowest BCUT2D eigenvalue weighted by atomic mass is 10.0. The molecule has 1 nitrogen and oxygen atoms in total. The zero-order valence-corrected chi connectivity index (χ0v) is 12.0. The average Bonchev–Trinajstić information content (AvgIpc) is 2.37. The van der Waals surface area contributed by atoms with Crippen molar-refractivity contribution < 1.29 is 4.74 Å². The van der Waals surface area contributed by atoms with Gasteiger partial charge in [0.25, 0.3) is 0 Å². The molecule has 0 aliphatic carbocycles. The van der Waals surface area contributed by atoms with Crippen molar-refractivity contribution in [2.75, 3.05) is 6.61 Å². The van der Waals surface area contributed by atoms with Gasteiger partial charge in [-0.2, -0.15) is 0 Å². The Balaban J connectivity index is 2.23. The predicted octanol–water partition coefficient (Wildman–Crippen LogP) is 5.15. The van der Waals surface area contributed by atoms with Crippen LogP contribution in [-0.2, 0) is 0 Å². The van der Waals surface area contributed by atoms with E-state index >= 15 is 0 Å². The molecule has 0 N–H and O–H groups in total. The van der Waals surface area contributed by atoms with Gasteiger partial charge in [-0.15, -0.1) is 0 Å². The van der Waals surface area contributed by atoms with E-state index in [9.17, 15) is 0 Å². The lowest BCUT2D eigenvalue weighted by molar-refractivity contribution is 0.324. The number of allylic oxidation sites excluding steroid dienone is 1. The van der Waals surface area contributed by atoms with Crippen molar-refractivity contribution in [2.24, 2.45) is 5.92 Å². The summed E-state index contributed by atoms with van der Waals surface area (Å²) in [6.45, 7) is 7.36. The molecule has 1 aromatic rings. The number of rotatable bonds is 8. The normalized spacial score (nSPS) is 12.8. The molecule has 0 heterocycles. The molecule has 0 spiro atoms. The third kappa shape index (κ3) is 5.90. The minimum atomic E-state index is 0.744. The zero-order valence-electron chi connectivity index (χ0n) is 12.0. The van der Waals surface area contributed by atoms with Crippen LogP contribution in [0, 0.1) is 12.8 Å². The van der Waals surface area contributed by atoms with Crippen LogP contribution in [0.1, 0.15) is 45.1 Å². The Labute approximate surface area is 112 Å². The molecule has 0 fully saturated rings. The van der Waals surface area contributed by atoms with Crippen LogP contribution >= 0.6 is 0 Å². The molecule has 1 heteroatoms. The van der Waals surface area contributed by atoms with Gasteiger partial charge in [-0.05, 0) is 49.8 Å². The minimum Gasteiger partial charge on any atom is -0.493 e. The predicted molar refractivity (Wildman–Crippen MR) is 79.1 cm³/mol. The fourth-order valence-corrected chi connectivity index (χ4v) is 2.05. The maximum Gasteiger partial charge on any atom is 0.119 e. The van der Waals surface area contributed by atoms with Crippen LogP contribution in [0.15, 0.2) is 36.4 Å². The second kappa shape index (κ2) is 8.79. The Bertz CT molecular complexity index is 354. The highest BCUT2D eigenvalue weighted by atomic mass is 16.5. The van der Waals surface area contributed by atoms with Gasteiger partial charge in [0.05, 0.1) is 6.61 Å². The Morgan fingerprint density at radius 1 is 1.28 bits per heavy atom. The van der Waals surface area contributed by atoms with Gasteiger partial charge in [0.2, 0.25) is 0 Å². The van der Waals surface area contributed by atoms with E-state index in [-0.39, 0.29) is 0 Å². The molecular weight excluding hydrogens is 220 g/mol. The molecule has 1 unspecified atom stereocenters. The van der Waals surface area contributed by atoms with Crippen LogP contribution in [0.4, 0.5) is 0 Å². The Morgan fingerprint density at radius 3 is 2.78 bits per heavy atom. The highest BCUT2D eigenvalue weighted by molar-refractivity contribution is 5.27. The fraction of sp³-hybridized carbons (Fsp3) is 0.529. The van der Waals surface area contributed by atoms with E-state index in [2.05, 4.69) is 45.1 Å². The number of benzene rings is 1. The standard InChI is InChI=1S/C17H26O/c1-4-9-16(5-2)11-6-7-13-18-17-12-8-10-15(3)14-17/h6,8,10-12,14,16H,4-5,7,9,13H2,1-3H3/b11-6+. The third-order valence-electron chi connectivity index (χ3n) is 3.13. The number of hydrogen-bond acceptors (Lipinski definition) is 1. The van der Waals surface area contributed by atoms with Crippen LogP contribution in [0.25, 0.3) is 0 Å². The summed E-state index contributed by atoms with van der Waals surface area (Å²) >= 11 is 0. The van der Waals surface area contributed by atoms with Crippen molar-refractivity contribution in [1.29, 1.82) is 0 Å². The average molecular weight is 246 g/mol. The summed E-state index contributed by atoms with van der Waals surface area (Å²) in [7, 11) is 0. The van der Waals surface area contributed by atoms with E-state index in [1.165, 1.54) is 24.8 Å². The van der Waals surface area contributed by atoms with Gasteiger partial charge in [-0.25, -0.2) is 0 Å². The molecule has 0 bridgehead atoms. The van der Waals surface area contributed by atoms with Gasteiger partial charge in [-0.1, -0.05) is 44.6 Å². The highest BCUT2D eigenvalue weighted by Crippen LogP contribution is 2.14. The highest BCUT2D eigenvalue weighted by Gasteiger charge is 1.98. The fourth-order valence-electron chi connectivity index (χ4n) is 2.05. The molecule has 100 valence electrons. The summed E-state index contributed by atoms with van der Waals surface area (Å²) in [5.74, 6) is 1.72. The molecule has 18 heavy (non-hydrogen) atoms. The summed E-state index contributed by atoms with van der Waals surface area (Å²) in [5, 5.41) is 0. The van der Waals surface area contributed by atoms with Gasteiger partial charge in [0, 0.05) is 0 Å². The number of ether oxygens (including phenoxy) is 1. The lowest BCUT2D eigenvalue weighted by Crippen LogP contribution is -1.97. The molecule has 0 aromatic heterocycles. The Morgan fingerprint density at radius 2 is 2.11 bits per heavy atom. The third-order valence-corrected chi connectivity index (χ3v) is 3.13. The Hall–Kier alpha value is -1.24. The van der Waals surface area contributed by atoms with Crippen molar-refractivity contribution in [1.82, 2.24) is 0 Å². The first-order valence-corrected chi connectivity index (χ1v) is 7.12.